The molecule has 0 radical (unpaired) electrons. The lowest BCUT2D eigenvalue weighted by molar-refractivity contribution is 0.525. The first kappa shape index (κ1) is 10.6. The molecule has 1 fully saturated rings. The molecule has 1 rings (SSSR count). The molecule has 1 saturated carbocycles. The summed E-state index contributed by atoms with van der Waals surface area (Å²) in [4.78, 5) is 4.55. The van der Waals surface area contributed by atoms with E-state index in [4.69, 9.17) is 5.73 Å². The summed E-state index contributed by atoms with van der Waals surface area (Å²) in [6.45, 7) is 6.53. The molecule has 0 amide bonds. The van der Waals surface area contributed by atoms with Gasteiger partial charge >= 0.3 is 0 Å². The Bertz CT molecular complexity index is 179. The minimum Gasteiger partial charge on any atom is -0.387 e. The summed E-state index contributed by atoms with van der Waals surface area (Å²) in [5.74, 6) is 2.08. The standard InChI is InChI=1S/C11H22N2/c1-8(2)9(3)13-11(12)10-6-4-5-7-10/h8-10H,4-7H2,1-3H3,(H2,12,13). The highest BCUT2D eigenvalue weighted by Crippen LogP contribution is 2.25. The normalized spacial score (nSPS) is 22.6. The average Bonchev–Trinajstić information content (AvgIpc) is 2.55. The predicted octanol–water partition coefficient (Wildman–Crippen LogP) is 2.58. The average molecular weight is 182 g/mol. The Kier molecular flexibility index (Phi) is 3.76. The summed E-state index contributed by atoms with van der Waals surface area (Å²) >= 11 is 0. The Hall–Kier alpha value is -0.530. The highest BCUT2D eigenvalue weighted by Gasteiger charge is 2.19. The minimum absolute atomic E-state index is 0.376. The van der Waals surface area contributed by atoms with Gasteiger partial charge in [-0.2, -0.15) is 0 Å². The van der Waals surface area contributed by atoms with E-state index in [0.717, 1.165) is 5.84 Å². The van der Waals surface area contributed by atoms with E-state index >= 15 is 0 Å². The van der Waals surface area contributed by atoms with Crippen LogP contribution in [-0.2, 0) is 0 Å². The van der Waals surface area contributed by atoms with Crippen LogP contribution >= 0.6 is 0 Å². The van der Waals surface area contributed by atoms with Gasteiger partial charge in [0.05, 0.1) is 11.9 Å². The summed E-state index contributed by atoms with van der Waals surface area (Å²) in [6.07, 6.45) is 5.16. The molecule has 0 aromatic rings. The van der Waals surface area contributed by atoms with Crippen molar-refractivity contribution < 1.29 is 0 Å². The summed E-state index contributed by atoms with van der Waals surface area (Å²) in [5, 5.41) is 0. The van der Waals surface area contributed by atoms with Crippen molar-refractivity contribution in [2.24, 2.45) is 22.6 Å². The smallest absolute Gasteiger partial charge is 0.0971 e. The zero-order valence-corrected chi connectivity index (χ0v) is 9.09. The van der Waals surface area contributed by atoms with E-state index in [1.54, 1.807) is 0 Å². The third-order valence-electron chi connectivity index (χ3n) is 3.09. The van der Waals surface area contributed by atoms with Crippen molar-refractivity contribution in [3.63, 3.8) is 0 Å². The van der Waals surface area contributed by atoms with Crippen LogP contribution in [0.25, 0.3) is 0 Å². The molecule has 76 valence electrons. The maximum absolute atomic E-state index is 5.97. The van der Waals surface area contributed by atoms with E-state index in [2.05, 4.69) is 25.8 Å². The molecule has 2 heteroatoms. The Morgan fingerprint density at radius 1 is 1.23 bits per heavy atom. The topological polar surface area (TPSA) is 38.4 Å². The second kappa shape index (κ2) is 4.64. The van der Waals surface area contributed by atoms with Gasteiger partial charge in [0.1, 0.15) is 0 Å². The van der Waals surface area contributed by atoms with E-state index in [1.165, 1.54) is 25.7 Å². The van der Waals surface area contributed by atoms with E-state index in [0.29, 0.717) is 17.9 Å². The van der Waals surface area contributed by atoms with Crippen molar-refractivity contribution in [3.8, 4) is 0 Å². The lowest BCUT2D eigenvalue weighted by Gasteiger charge is -2.14. The van der Waals surface area contributed by atoms with Crippen molar-refractivity contribution in [2.75, 3.05) is 0 Å². The molecule has 1 atom stereocenters. The highest BCUT2D eigenvalue weighted by atomic mass is 14.9. The summed E-state index contributed by atoms with van der Waals surface area (Å²) < 4.78 is 0. The third-order valence-corrected chi connectivity index (χ3v) is 3.09. The predicted molar refractivity (Wildman–Crippen MR) is 57.9 cm³/mol. The van der Waals surface area contributed by atoms with Gasteiger partial charge in [0.15, 0.2) is 0 Å². The van der Waals surface area contributed by atoms with Crippen LogP contribution in [0.2, 0.25) is 0 Å². The maximum atomic E-state index is 5.97. The largest absolute Gasteiger partial charge is 0.387 e. The van der Waals surface area contributed by atoms with E-state index in [-0.39, 0.29) is 0 Å². The van der Waals surface area contributed by atoms with Gasteiger partial charge < -0.3 is 5.73 Å². The first-order chi connectivity index (χ1) is 6.11. The fourth-order valence-corrected chi connectivity index (χ4v) is 1.71. The number of nitrogens with zero attached hydrogens (tertiary/aromatic N) is 1. The van der Waals surface area contributed by atoms with Crippen LogP contribution in [-0.4, -0.2) is 11.9 Å². The monoisotopic (exact) mass is 182 g/mol. The number of rotatable bonds is 3. The Balaban J connectivity index is 2.48. The van der Waals surface area contributed by atoms with Gasteiger partial charge in [0, 0.05) is 5.92 Å². The Morgan fingerprint density at radius 2 is 1.77 bits per heavy atom. The summed E-state index contributed by atoms with van der Waals surface area (Å²) in [6, 6.07) is 0.376. The molecule has 0 aromatic carbocycles. The van der Waals surface area contributed by atoms with Crippen LogP contribution in [0.1, 0.15) is 46.5 Å². The lowest BCUT2D eigenvalue weighted by Crippen LogP contribution is -2.24. The van der Waals surface area contributed by atoms with Crippen molar-refractivity contribution in [3.05, 3.63) is 0 Å². The number of amidine groups is 1. The molecule has 13 heavy (non-hydrogen) atoms. The first-order valence-electron chi connectivity index (χ1n) is 5.44. The van der Waals surface area contributed by atoms with E-state index in [1.807, 2.05) is 0 Å². The van der Waals surface area contributed by atoms with Crippen LogP contribution in [0.5, 0.6) is 0 Å². The molecule has 0 heterocycles. The zero-order chi connectivity index (χ0) is 9.84. The second-order valence-electron chi connectivity index (χ2n) is 4.52. The van der Waals surface area contributed by atoms with Gasteiger partial charge in [-0.15, -0.1) is 0 Å². The maximum Gasteiger partial charge on any atom is 0.0971 e. The quantitative estimate of drug-likeness (QED) is 0.528. The van der Waals surface area contributed by atoms with Gasteiger partial charge in [-0.3, -0.25) is 4.99 Å². The van der Waals surface area contributed by atoms with Crippen molar-refractivity contribution in [1.82, 2.24) is 0 Å². The third kappa shape index (κ3) is 3.02. The summed E-state index contributed by atoms with van der Waals surface area (Å²) in [5.41, 5.74) is 5.97. The molecule has 2 nitrogen and oxygen atoms in total. The first-order valence-corrected chi connectivity index (χ1v) is 5.44. The van der Waals surface area contributed by atoms with Crippen LogP contribution in [0.15, 0.2) is 4.99 Å². The highest BCUT2D eigenvalue weighted by molar-refractivity contribution is 5.83. The van der Waals surface area contributed by atoms with E-state index in [9.17, 15) is 0 Å². The van der Waals surface area contributed by atoms with Crippen molar-refractivity contribution in [1.29, 1.82) is 0 Å². The van der Waals surface area contributed by atoms with Gasteiger partial charge in [0.25, 0.3) is 0 Å². The molecular formula is C11H22N2. The fraction of sp³-hybridized carbons (Fsp3) is 0.909. The second-order valence-corrected chi connectivity index (χ2v) is 4.52. The van der Waals surface area contributed by atoms with Gasteiger partial charge in [-0.1, -0.05) is 26.7 Å². The number of hydrogen-bond acceptors (Lipinski definition) is 1. The minimum atomic E-state index is 0.376. The Morgan fingerprint density at radius 3 is 2.23 bits per heavy atom. The van der Waals surface area contributed by atoms with Crippen LogP contribution < -0.4 is 5.73 Å². The number of hydrogen-bond donors (Lipinski definition) is 1. The molecule has 1 unspecified atom stereocenters. The van der Waals surface area contributed by atoms with Gasteiger partial charge in [0.2, 0.25) is 0 Å². The molecule has 1 aliphatic carbocycles. The van der Waals surface area contributed by atoms with Crippen LogP contribution in [0.4, 0.5) is 0 Å². The van der Waals surface area contributed by atoms with E-state index < -0.39 is 0 Å². The van der Waals surface area contributed by atoms with Crippen LogP contribution in [0.3, 0.4) is 0 Å². The number of nitrogens with two attached hydrogens (primary N) is 1. The van der Waals surface area contributed by atoms with Crippen molar-refractivity contribution in [2.45, 2.75) is 52.5 Å². The zero-order valence-electron chi connectivity index (χ0n) is 9.09. The van der Waals surface area contributed by atoms with Gasteiger partial charge in [-0.05, 0) is 25.7 Å². The summed E-state index contributed by atoms with van der Waals surface area (Å²) in [7, 11) is 0. The SMILES string of the molecule is CC(C)C(C)N=C(N)C1CCCC1. The molecule has 2 N–H and O–H groups in total. The molecule has 1 aliphatic rings. The molecule has 0 bridgehead atoms. The molecule has 0 aromatic heterocycles. The van der Waals surface area contributed by atoms with Crippen LogP contribution in [0, 0.1) is 11.8 Å². The van der Waals surface area contributed by atoms with Gasteiger partial charge in [-0.25, -0.2) is 0 Å². The lowest BCUT2D eigenvalue weighted by atomic mass is 10.0. The molecule has 0 spiro atoms. The van der Waals surface area contributed by atoms with Crippen molar-refractivity contribution >= 4 is 5.84 Å². The fourth-order valence-electron chi connectivity index (χ4n) is 1.71. The molecule has 0 saturated heterocycles. The molecular weight excluding hydrogens is 160 g/mol. The number of aliphatic imine (C=N–C) groups is 1. The molecule has 0 aliphatic heterocycles. The Labute approximate surface area is 81.6 Å².